The molecule has 1 atom stereocenters. The summed E-state index contributed by atoms with van der Waals surface area (Å²) in [5.74, 6) is 0.682. The maximum absolute atomic E-state index is 12.2. The molecule has 1 aromatic carbocycles. The highest BCUT2D eigenvalue weighted by molar-refractivity contribution is 9.10. The fourth-order valence-electron chi connectivity index (χ4n) is 1.80. The largest absolute Gasteiger partial charge is 0.497 e. The first-order chi connectivity index (χ1) is 9.53. The molecule has 1 rings (SSSR count). The number of halogens is 1. The average Bonchev–Trinajstić information content (AvgIpc) is 2.44. The Labute approximate surface area is 127 Å². The zero-order valence-electron chi connectivity index (χ0n) is 11.9. The molecule has 0 aliphatic heterocycles. The second-order valence-electron chi connectivity index (χ2n) is 4.34. The number of ether oxygens (including phenoxy) is 2. The quantitative estimate of drug-likeness (QED) is 0.795. The summed E-state index contributed by atoms with van der Waals surface area (Å²) in [5, 5.41) is 12.3. The summed E-state index contributed by atoms with van der Waals surface area (Å²) in [6, 6.07) is 3.33. The molecule has 20 heavy (non-hydrogen) atoms. The third-order valence-electron chi connectivity index (χ3n) is 2.82. The van der Waals surface area contributed by atoms with E-state index in [1.807, 2.05) is 6.92 Å². The van der Waals surface area contributed by atoms with Gasteiger partial charge in [-0.05, 0) is 34.5 Å². The molecule has 6 heteroatoms. The van der Waals surface area contributed by atoms with Gasteiger partial charge in [0.15, 0.2) is 0 Å². The van der Waals surface area contributed by atoms with Gasteiger partial charge in [0.1, 0.15) is 11.5 Å². The van der Waals surface area contributed by atoms with E-state index in [2.05, 4.69) is 21.2 Å². The topological polar surface area (TPSA) is 67.8 Å². The zero-order chi connectivity index (χ0) is 15.1. The van der Waals surface area contributed by atoms with E-state index in [4.69, 9.17) is 9.47 Å². The van der Waals surface area contributed by atoms with Crippen molar-refractivity contribution in [3.05, 3.63) is 22.2 Å². The van der Waals surface area contributed by atoms with Crippen LogP contribution in [0, 0.1) is 0 Å². The number of methoxy groups -OCH3 is 2. The molecule has 0 bridgehead atoms. The molecule has 0 spiro atoms. The van der Waals surface area contributed by atoms with Gasteiger partial charge in [-0.25, -0.2) is 0 Å². The van der Waals surface area contributed by atoms with Gasteiger partial charge in [-0.2, -0.15) is 0 Å². The molecule has 0 aromatic heterocycles. The van der Waals surface area contributed by atoms with Gasteiger partial charge in [0.05, 0.1) is 30.4 Å². The van der Waals surface area contributed by atoms with E-state index >= 15 is 0 Å². The fourth-order valence-corrected chi connectivity index (χ4v) is 2.40. The van der Waals surface area contributed by atoms with Crippen molar-refractivity contribution in [1.82, 2.24) is 5.32 Å². The smallest absolute Gasteiger partial charge is 0.255 e. The van der Waals surface area contributed by atoms with E-state index in [0.717, 1.165) is 6.42 Å². The molecule has 0 fully saturated rings. The van der Waals surface area contributed by atoms with Crippen LogP contribution in [0.5, 0.6) is 11.5 Å². The lowest BCUT2D eigenvalue weighted by Gasteiger charge is -2.14. The highest BCUT2D eigenvalue weighted by Crippen LogP contribution is 2.33. The molecule has 1 aromatic rings. The summed E-state index contributed by atoms with van der Waals surface area (Å²) in [4.78, 5) is 12.2. The lowest BCUT2D eigenvalue weighted by Crippen LogP contribution is -2.32. The van der Waals surface area contributed by atoms with Crippen LogP contribution < -0.4 is 14.8 Å². The van der Waals surface area contributed by atoms with Crippen molar-refractivity contribution in [1.29, 1.82) is 0 Å². The molecule has 0 heterocycles. The monoisotopic (exact) mass is 345 g/mol. The number of nitrogens with one attached hydrogen (secondary N) is 1. The lowest BCUT2D eigenvalue weighted by atomic mass is 10.1. The van der Waals surface area contributed by atoms with Gasteiger partial charge < -0.3 is 19.9 Å². The molecule has 1 amide bonds. The van der Waals surface area contributed by atoms with Crippen LogP contribution in [0.15, 0.2) is 16.6 Å². The van der Waals surface area contributed by atoms with Crippen molar-refractivity contribution < 1.29 is 19.4 Å². The predicted molar refractivity (Wildman–Crippen MR) is 80.5 cm³/mol. The Hall–Kier alpha value is -1.27. The summed E-state index contributed by atoms with van der Waals surface area (Å²) in [5.41, 5.74) is 0.363. The SMILES string of the molecule is CCCC(O)CNC(=O)c1cc(OC)cc(Br)c1OC. The molecule has 5 nitrogen and oxygen atoms in total. The van der Waals surface area contributed by atoms with Crippen molar-refractivity contribution >= 4 is 21.8 Å². The summed E-state index contributed by atoms with van der Waals surface area (Å²) in [6.07, 6.45) is 0.980. The number of carbonyl (C=O) groups is 1. The van der Waals surface area contributed by atoms with Gasteiger partial charge in [0.25, 0.3) is 5.91 Å². The van der Waals surface area contributed by atoms with E-state index in [-0.39, 0.29) is 12.5 Å². The fraction of sp³-hybridized carbons (Fsp3) is 0.500. The van der Waals surface area contributed by atoms with Crippen molar-refractivity contribution in [2.45, 2.75) is 25.9 Å². The van der Waals surface area contributed by atoms with E-state index in [0.29, 0.717) is 28.0 Å². The molecule has 0 radical (unpaired) electrons. The van der Waals surface area contributed by atoms with Crippen LogP contribution >= 0.6 is 15.9 Å². The van der Waals surface area contributed by atoms with Crippen LogP contribution in [0.2, 0.25) is 0 Å². The summed E-state index contributed by atoms with van der Waals surface area (Å²) in [7, 11) is 3.02. The van der Waals surface area contributed by atoms with Crippen LogP contribution in [0.4, 0.5) is 0 Å². The number of aliphatic hydroxyl groups is 1. The first-order valence-electron chi connectivity index (χ1n) is 6.41. The molecule has 0 aliphatic rings. The zero-order valence-corrected chi connectivity index (χ0v) is 13.5. The number of benzene rings is 1. The van der Waals surface area contributed by atoms with E-state index in [1.165, 1.54) is 14.2 Å². The maximum atomic E-state index is 12.2. The van der Waals surface area contributed by atoms with Crippen molar-refractivity contribution in [3.8, 4) is 11.5 Å². The molecule has 2 N–H and O–H groups in total. The Kier molecular flexibility index (Phi) is 6.81. The highest BCUT2D eigenvalue weighted by Gasteiger charge is 2.17. The molecule has 0 aliphatic carbocycles. The van der Waals surface area contributed by atoms with Gasteiger partial charge in [0.2, 0.25) is 0 Å². The van der Waals surface area contributed by atoms with Crippen molar-refractivity contribution in [2.75, 3.05) is 20.8 Å². The number of aliphatic hydroxyl groups excluding tert-OH is 1. The Balaban J connectivity index is 2.88. The Morgan fingerprint density at radius 2 is 2.10 bits per heavy atom. The summed E-state index contributed by atoms with van der Waals surface area (Å²) < 4.78 is 11.0. The van der Waals surface area contributed by atoms with Gasteiger partial charge >= 0.3 is 0 Å². The number of rotatable bonds is 7. The Bertz CT molecular complexity index is 465. The van der Waals surface area contributed by atoms with Crippen LogP contribution in [-0.4, -0.2) is 37.9 Å². The maximum Gasteiger partial charge on any atom is 0.255 e. The predicted octanol–water partition coefficient (Wildman–Crippen LogP) is 2.36. The highest BCUT2D eigenvalue weighted by atomic mass is 79.9. The van der Waals surface area contributed by atoms with Gasteiger partial charge in [-0.1, -0.05) is 13.3 Å². The molecular weight excluding hydrogens is 326 g/mol. The number of hydrogen-bond acceptors (Lipinski definition) is 4. The van der Waals surface area contributed by atoms with E-state index < -0.39 is 6.10 Å². The molecule has 112 valence electrons. The minimum Gasteiger partial charge on any atom is -0.497 e. The number of hydrogen-bond donors (Lipinski definition) is 2. The third kappa shape index (κ3) is 4.38. The molecular formula is C14H20BrNO4. The van der Waals surface area contributed by atoms with E-state index in [9.17, 15) is 9.90 Å². The van der Waals surface area contributed by atoms with Gasteiger partial charge in [-0.15, -0.1) is 0 Å². The number of carbonyl (C=O) groups excluding carboxylic acids is 1. The average molecular weight is 346 g/mol. The standard InChI is InChI=1S/C14H20BrNO4/c1-4-5-9(17)8-16-14(18)11-6-10(19-2)7-12(15)13(11)20-3/h6-7,9,17H,4-5,8H2,1-3H3,(H,16,18). The van der Waals surface area contributed by atoms with Crippen LogP contribution in [0.1, 0.15) is 30.1 Å². The van der Waals surface area contributed by atoms with Crippen LogP contribution in [0.3, 0.4) is 0 Å². The molecule has 0 saturated heterocycles. The van der Waals surface area contributed by atoms with Gasteiger partial charge in [0, 0.05) is 6.54 Å². The van der Waals surface area contributed by atoms with Crippen molar-refractivity contribution in [3.63, 3.8) is 0 Å². The summed E-state index contributed by atoms with van der Waals surface area (Å²) >= 11 is 3.34. The Morgan fingerprint density at radius 3 is 2.65 bits per heavy atom. The summed E-state index contributed by atoms with van der Waals surface area (Å²) in [6.45, 7) is 2.19. The van der Waals surface area contributed by atoms with Gasteiger partial charge in [-0.3, -0.25) is 4.79 Å². The minimum absolute atomic E-state index is 0.213. The molecule has 0 saturated carbocycles. The lowest BCUT2D eigenvalue weighted by molar-refractivity contribution is 0.0906. The van der Waals surface area contributed by atoms with Crippen LogP contribution in [-0.2, 0) is 0 Å². The first kappa shape index (κ1) is 16.8. The molecule has 1 unspecified atom stereocenters. The van der Waals surface area contributed by atoms with Crippen molar-refractivity contribution in [2.24, 2.45) is 0 Å². The second kappa shape index (κ2) is 8.11. The van der Waals surface area contributed by atoms with E-state index in [1.54, 1.807) is 12.1 Å². The first-order valence-corrected chi connectivity index (χ1v) is 7.20. The Morgan fingerprint density at radius 1 is 1.40 bits per heavy atom. The normalized spacial score (nSPS) is 11.8. The second-order valence-corrected chi connectivity index (χ2v) is 5.20. The van der Waals surface area contributed by atoms with Crippen LogP contribution in [0.25, 0.3) is 0 Å². The number of amides is 1. The minimum atomic E-state index is -0.538. The third-order valence-corrected chi connectivity index (χ3v) is 3.41.